The molecule has 0 unspecified atom stereocenters. The predicted molar refractivity (Wildman–Crippen MR) is 114 cm³/mol. The molecule has 0 fully saturated rings. The number of nitrogens with zero attached hydrogens (tertiary/aromatic N) is 2. The third-order valence-electron chi connectivity index (χ3n) is 4.79. The second-order valence-electron chi connectivity index (χ2n) is 6.74. The van der Waals surface area contributed by atoms with E-state index in [4.69, 9.17) is 10.00 Å². The lowest BCUT2D eigenvalue weighted by Gasteiger charge is -2.15. The van der Waals surface area contributed by atoms with Gasteiger partial charge in [0.05, 0.1) is 28.3 Å². The highest BCUT2D eigenvalue weighted by Crippen LogP contribution is 2.28. The van der Waals surface area contributed by atoms with Crippen molar-refractivity contribution < 1.29 is 19.1 Å². The summed E-state index contributed by atoms with van der Waals surface area (Å²) in [6.07, 6.45) is 0. The van der Waals surface area contributed by atoms with Gasteiger partial charge in [0.15, 0.2) is 6.73 Å². The van der Waals surface area contributed by atoms with Crippen molar-refractivity contribution in [2.75, 3.05) is 6.73 Å². The van der Waals surface area contributed by atoms with Gasteiger partial charge in [-0.1, -0.05) is 36.4 Å². The Labute approximate surface area is 183 Å². The third-order valence-corrected chi connectivity index (χ3v) is 5.93. The monoisotopic (exact) mass is 428 g/mol. The quantitative estimate of drug-likeness (QED) is 0.331. The Balaban J connectivity index is 1.42. The number of rotatable bonds is 6. The maximum Gasteiger partial charge on any atom is 0.341 e. The Morgan fingerprint density at radius 1 is 0.903 bits per heavy atom. The van der Waals surface area contributed by atoms with E-state index in [0.29, 0.717) is 28.0 Å². The average Bonchev–Trinajstić information content (AvgIpc) is 3.06. The fraction of sp³-hybridized carbons (Fsp3) is 0.0833. The summed E-state index contributed by atoms with van der Waals surface area (Å²) < 4.78 is 5.30. The van der Waals surface area contributed by atoms with E-state index in [1.807, 2.05) is 24.3 Å². The Hall–Kier alpha value is -3.89. The molecule has 0 spiro atoms. The summed E-state index contributed by atoms with van der Waals surface area (Å²) in [5.74, 6) is -0.956. The van der Waals surface area contributed by atoms with Gasteiger partial charge >= 0.3 is 5.97 Å². The van der Waals surface area contributed by atoms with Crippen molar-refractivity contribution in [2.24, 2.45) is 0 Å². The summed E-state index contributed by atoms with van der Waals surface area (Å²) in [7, 11) is 0. The van der Waals surface area contributed by atoms with Crippen LogP contribution in [0.15, 0.2) is 77.7 Å². The number of nitriles is 1. The second kappa shape index (κ2) is 8.86. The number of carbonyl (C=O) groups is 3. The minimum atomic E-state index is -0.612. The first kappa shape index (κ1) is 20.4. The number of thioether (sulfide) groups is 1. The summed E-state index contributed by atoms with van der Waals surface area (Å²) >= 11 is 1.46. The van der Waals surface area contributed by atoms with E-state index in [9.17, 15) is 14.4 Å². The molecule has 1 aliphatic rings. The molecule has 6 nitrogen and oxygen atoms in total. The van der Waals surface area contributed by atoms with Crippen molar-refractivity contribution in [3.8, 4) is 6.07 Å². The second-order valence-corrected chi connectivity index (χ2v) is 7.76. The van der Waals surface area contributed by atoms with Crippen LogP contribution in [-0.2, 0) is 10.5 Å². The van der Waals surface area contributed by atoms with Crippen molar-refractivity contribution in [3.05, 3.63) is 101 Å². The molecule has 1 heterocycles. The van der Waals surface area contributed by atoms with Crippen LogP contribution in [0.3, 0.4) is 0 Å². The minimum Gasteiger partial charge on any atom is -0.440 e. The number of ether oxygens (including phenoxy) is 1. The summed E-state index contributed by atoms with van der Waals surface area (Å²) in [6, 6.07) is 22.8. The normalized spacial score (nSPS) is 12.4. The van der Waals surface area contributed by atoms with Crippen molar-refractivity contribution in [1.82, 2.24) is 4.90 Å². The SMILES string of the molecule is N#Cc1ccc(CSc2ccccc2C(=O)OCN2C(=O)c3ccccc3C2=O)cc1. The standard InChI is InChI=1S/C24H16N2O4S/c25-13-16-9-11-17(12-10-16)14-31-21-8-4-3-7-20(21)24(29)30-15-26-22(27)18-5-1-2-6-19(18)23(26)28/h1-12H,14-15H2. The number of carbonyl (C=O) groups excluding carboxylic acids is 3. The summed E-state index contributed by atoms with van der Waals surface area (Å²) in [5, 5.41) is 8.89. The number of esters is 1. The van der Waals surface area contributed by atoms with Crippen LogP contribution in [0.25, 0.3) is 0 Å². The van der Waals surface area contributed by atoms with E-state index in [1.165, 1.54) is 11.8 Å². The van der Waals surface area contributed by atoms with Crippen LogP contribution in [-0.4, -0.2) is 29.4 Å². The molecule has 2 amide bonds. The van der Waals surface area contributed by atoms with Gasteiger partial charge in [-0.15, -0.1) is 11.8 Å². The molecule has 0 radical (unpaired) electrons. The molecule has 31 heavy (non-hydrogen) atoms. The van der Waals surface area contributed by atoms with Crippen molar-refractivity contribution in [1.29, 1.82) is 5.26 Å². The van der Waals surface area contributed by atoms with Gasteiger partial charge in [0.25, 0.3) is 11.8 Å². The molecule has 0 aromatic heterocycles. The highest BCUT2D eigenvalue weighted by Gasteiger charge is 2.35. The van der Waals surface area contributed by atoms with E-state index in [0.717, 1.165) is 15.4 Å². The zero-order valence-electron chi connectivity index (χ0n) is 16.3. The number of fused-ring (bicyclic) bond motifs is 1. The Kier molecular flexibility index (Phi) is 5.83. The number of hydrogen-bond donors (Lipinski definition) is 0. The van der Waals surface area contributed by atoms with Crippen LogP contribution in [0.5, 0.6) is 0 Å². The molecular weight excluding hydrogens is 412 g/mol. The molecule has 0 saturated heterocycles. The molecule has 3 aromatic carbocycles. The maximum absolute atomic E-state index is 12.7. The van der Waals surface area contributed by atoms with Gasteiger partial charge in [0.2, 0.25) is 0 Å². The zero-order chi connectivity index (χ0) is 21.8. The topological polar surface area (TPSA) is 87.5 Å². The Morgan fingerprint density at radius 2 is 1.52 bits per heavy atom. The molecule has 4 rings (SSSR count). The average molecular weight is 428 g/mol. The van der Waals surface area contributed by atoms with Gasteiger partial charge in [-0.25, -0.2) is 9.69 Å². The van der Waals surface area contributed by atoms with Gasteiger partial charge in [-0.05, 0) is 42.0 Å². The number of benzene rings is 3. The number of hydrogen-bond acceptors (Lipinski definition) is 6. The number of imide groups is 1. The molecule has 0 saturated carbocycles. The molecule has 0 N–H and O–H groups in total. The van der Waals surface area contributed by atoms with Crippen LogP contribution in [0, 0.1) is 11.3 Å². The molecule has 0 atom stereocenters. The van der Waals surface area contributed by atoms with E-state index in [2.05, 4.69) is 6.07 Å². The van der Waals surface area contributed by atoms with Crippen molar-refractivity contribution in [2.45, 2.75) is 10.6 Å². The fourth-order valence-corrected chi connectivity index (χ4v) is 4.15. The van der Waals surface area contributed by atoms with Crippen molar-refractivity contribution >= 4 is 29.5 Å². The largest absolute Gasteiger partial charge is 0.440 e. The summed E-state index contributed by atoms with van der Waals surface area (Å²) in [5.41, 5.74) is 2.57. The first-order valence-electron chi connectivity index (χ1n) is 9.41. The lowest BCUT2D eigenvalue weighted by atomic mass is 10.1. The lowest BCUT2D eigenvalue weighted by molar-refractivity contribution is 0.0225. The minimum absolute atomic E-state index is 0.307. The summed E-state index contributed by atoms with van der Waals surface area (Å²) in [6.45, 7) is -0.445. The Morgan fingerprint density at radius 3 is 2.16 bits per heavy atom. The highest BCUT2D eigenvalue weighted by atomic mass is 32.2. The molecule has 0 aliphatic carbocycles. The van der Waals surface area contributed by atoms with Crippen LogP contribution in [0.1, 0.15) is 42.2 Å². The smallest absolute Gasteiger partial charge is 0.341 e. The summed E-state index contributed by atoms with van der Waals surface area (Å²) in [4.78, 5) is 39.2. The highest BCUT2D eigenvalue weighted by molar-refractivity contribution is 7.98. The van der Waals surface area contributed by atoms with Crippen LogP contribution < -0.4 is 0 Å². The van der Waals surface area contributed by atoms with Gasteiger partial charge in [-0.2, -0.15) is 5.26 Å². The zero-order valence-corrected chi connectivity index (χ0v) is 17.1. The van der Waals surface area contributed by atoms with Crippen LogP contribution in [0.2, 0.25) is 0 Å². The van der Waals surface area contributed by atoms with E-state index in [-0.39, 0.29) is 0 Å². The fourth-order valence-electron chi connectivity index (χ4n) is 3.16. The van der Waals surface area contributed by atoms with Gasteiger partial charge in [-0.3, -0.25) is 9.59 Å². The van der Waals surface area contributed by atoms with E-state index >= 15 is 0 Å². The first-order chi connectivity index (χ1) is 15.1. The van der Waals surface area contributed by atoms with Gasteiger partial charge in [0, 0.05) is 10.6 Å². The first-order valence-corrected chi connectivity index (χ1v) is 10.4. The van der Waals surface area contributed by atoms with Crippen molar-refractivity contribution in [3.63, 3.8) is 0 Å². The van der Waals surface area contributed by atoms with Crippen LogP contribution in [0.4, 0.5) is 0 Å². The molecule has 152 valence electrons. The molecule has 3 aromatic rings. The number of amides is 2. The van der Waals surface area contributed by atoms with E-state index in [1.54, 1.807) is 48.5 Å². The van der Waals surface area contributed by atoms with E-state index < -0.39 is 24.5 Å². The predicted octanol–water partition coefficient (Wildman–Crippen LogP) is 4.26. The third kappa shape index (κ3) is 4.20. The lowest BCUT2D eigenvalue weighted by Crippen LogP contribution is -2.33. The van der Waals surface area contributed by atoms with Gasteiger partial charge in [0.1, 0.15) is 0 Å². The van der Waals surface area contributed by atoms with Gasteiger partial charge < -0.3 is 4.74 Å². The molecule has 0 bridgehead atoms. The maximum atomic E-state index is 12.7. The molecule has 7 heteroatoms. The molecular formula is C24H16N2O4S. The molecule has 1 aliphatic heterocycles. The van der Waals surface area contributed by atoms with Crippen LogP contribution >= 0.6 is 11.8 Å². The Bertz CT molecular complexity index is 1180.